The molecule has 10 heteroatoms. The van der Waals surface area contributed by atoms with Crippen LogP contribution in [-0.2, 0) is 0 Å². The second kappa shape index (κ2) is 6.85. The van der Waals surface area contributed by atoms with Gasteiger partial charge in [-0.2, -0.15) is 0 Å². The molecule has 1 aliphatic rings. The molecule has 4 rings (SSSR count). The molecule has 0 unspecified atom stereocenters. The third kappa shape index (κ3) is 3.05. The van der Waals surface area contributed by atoms with Crippen LogP contribution in [0, 0.1) is 37.3 Å². The summed E-state index contributed by atoms with van der Waals surface area (Å²) in [5.74, 6) is 0. The van der Waals surface area contributed by atoms with Crippen molar-refractivity contribution in [3.05, 3.63) is 102 Å². The predicted molar refractivity (Wildman–Crippen MR) is 108 cm³/mol. The van der Waals surface area contributed by atoms with Crippen LogP contribution in [-0.4, -0.2) is 20.5 Å². The number of fused-ring (bicyclic) bond motifs is 3. The molecule has 0 aromatic heterocycles. The molecule has 1 aliphatic carbocycles. The minimum atomic E-state index is -0.702. The van der Waals surface area contributed by atoms with E-state index < -0.39 is 26.1 Å². The molecule has 10 nitrogen and oxygen atoms in total. The Morgan fingerprint density at radius 1 is 0.733 bits per heavy atom. The van der Waals surface area contributed by atoms with Crippen LogP contribution in [0.2, 0.25) is 0 Å². The van der Waals surface area contributed by atoms with Crippen LogP contribution in [0.4, 0.5) is 22.7 Å². The highest BCUT2D eigenvalue weighted by Gasteiger charge is 2.35. The van der Waals surface area contributed by atoms with Crippen LogP contribution < -0.4 is 0 Å². The maximum atomic E-state index is 11.7. The first kappa shape index (κ1) is 18.9. The maximum absolute atomic E-state index is 11.7. The molecule has 0 heterocycles. The number of aryl methyl sites for hydroxylation is 1. The Kier molecular flexibility index (Phi) is 4.31. The Labute approximate surface area is 168 Å². The monoisotopic (exact) mass is 404 g/mol. The maximum Gasteiger partial charge on any atom is 0.284 e. The van der Waals surface area contributed by atoms with E-state index >= 15 is 0 Å². The number of hydrogen-bond donors (Lipinski definition) is 0. The largest absolute Gasteiger partial charge is 0.284 e. The fourth-order valence-corrected chi connectivity index (χ4v) is 3.47. The molecule has 0 spiro atoms. The zero-order valence-electron chi connectivity index (χ0n) is 15.4. The lowest BCUT2D eigenvalue weighted by molar-refractivity contribution is -0.393. The summed E-state index contributed by atoms with van der Waals surface area (Å²) in [5.41, 5.74) is 2.00. The van der Waals surface area contributed by atoms with Gasteiger partial charge in [0.05, 0.1) is 37.8 Å². The molecule has 0 fully saturated rings. The molecule has 3 aromatic carbocycles. The average molecular weight is 404 g/mol. The van der Waals surface area contributed by atoms with Crippen molar-refractivity contribution in [3.63, 3.8) is 0 Å². The minimum Gasteiger partial charge on any atom is -0.258 e. The van der Waals surface area contributed by atoms with Crippen molar-refractivity contribution >= 4 is 28.5 Å². The first-order valence-corrected chi connectivity index (χ1v) is 8.68. The van der Waals surface area contributed by atoms with Crippen molar-refractivity contribution in [2.45, 2.75) is 6.92 Å². The second-order valence-corrected chi connectivity index (χ2v) is 6.69. The van der Waals surface area contributed by atoms with Gasteiger partial charge in [-0.25, -0.2) is 4.99 Å². The molecule has 0 amide bonds. The Morgan fingerprint density at radius 2 is 1.47 bits per heavy atom. The molecule has 30 heavy (non-hydrogen) atoms. The first-order valence-electron chi connectivity index (χ1n) is 8.68. The zero-order chi connectivity index (χ0) is 21.6. The molecule has 0 saturated heterocycles. The van der Waals surface area contributed by atoms with E-state index in [4.69, 9.17) is 0 Å². The number of hydrogen-bond acceptors (Lipinski definition) is 7. The van der Waals surface area contributed by atoms with Crippen LogP contribution in [0.25, 0.3) is 11.1 Å². The van der Waals surface area contributed by atoms with Crippen molar-refractivity contribution in [2.75, 3.05) is 0 Å². The van der Waals surface area contributed by atoms with Crippen molar-refractivity contribution in [1.82, 2.24) is 0 Å². The fourth-order valence-electron chi connectivity index (χ4n) is 3.47. The molecule has 0 atom stereocenters. The fraction of sp³-hybridized carbons (Fsp3) is 0.0500. The van der Waals surface area contributed by atoms with Gasteiger partial charge in [0.2, 0.25) is 0 Å². The van der Waals surface area contributed by atoms with Crippen molar-refractivity contribution in [2.24, 2.45) is 4.99 Å². The highest BCUT2D eigenvalue weighted by Crippen LogP contribution is 2.45. The standard InChI is InChI=1S/C20H12N4O6/c1-11-5-6-15-16(7-11)20(21-12-3-2-4-13(8-12)22(25)26)17-9-14(23(27)28)10-18(19(15)17)24(29)30/h2-10H,1H3. The summed E-state index contributed by atoms with van der Waals surface area (Å²) in [5, 5.41) is 34.1. The van der Waals surface area contributed by atoms with Crippen molar-refractivity contribution in [3.8, 4) is 11.1 Å². The number of aliphatic imine (C=N–C) groups is 1. The molecule has 0 radical (unpaired) electrons. The van der Waals surface area contributed by atoms with Gasteiger partial charge >= 0.3 is 0 Å². The quantitative estimate of drug-likeness (QED) is 0.351. The Balaban J connectivity index is 2.05. The van der Waals surface area contributed by atoms with Gasteiger partial charge in [-0.3, -0.25) is 30.3 Å². The smallest absolute Gasteiger partial charge is 0.258 e. The van der Waals surface area contributed by atoms with Crippen LogP contribution in [0.5, 0.6) is 0 Å². The molecule has 0 saturated carbocycles. The van der Waals surface area contributed by atoms with Crippen molar-refractivity contribution in [1.29, 1.82) is 0 Å². The highest BCUT2D eigenvalue weighted by atomic mass is 16.6. The third-order valence-electron chi connectivity index (χ3n) is 4.75. The third-order valence-corrected chi connectivity index (χ3v) is 4.75. The van der Waals surface area contributed by atoms with Gasteiger partial charge in [-0.05, 0) is 24.6 Å². The number of nitro benzene ring substituents is 3. The van der Waals surface area contributed by atoms with E-state index in [2.05, 4.69) is 4.99 Å². The highest BCUT2D eigenvalue weighted by molar-refractivity contribution is 6.26. The van der Waals surface area contributed by atoms with Gasteiger partial charge in [-0.15, -0.1) is 0 Å². The lowest BCUT2D eigenvalue weighted by Gasteiger charge is -2.04. The van der Waals surface area contributed by atoms with E-state index in [1.54, 1.807) is 24.3 Å². The molecular formula is C20H12N4O6. The molecule has 0 bridgehead atoms. The van der Waals surface area contributed by atoms with Gasteiger partial charge in [0.15, 0.2) is 0 Å². The normalized spacial score (nSPS) is 13.0. The van der Waals surface area contributed by atoms with E-state index in [9.17, 15) is 30.3 Å². The second-order valence-electron chi connectivity index (χ2n) is 6.69. The summed E-state index contributed by atoms with van der Waals surface area (Å²) in [6.07, 6.45) is 0. The van der Waals surface area contributed by atoms with Crippen LogP contribution in [0.15, 0.2) is 59.6 Å². The molecule has 3 aromatic rings. The molecule has 0 aliphatic heterocycles. The number of nitro groups is 3. The molecular weight excluding hydrogens is 392 g/mol. The Bertz CT molecular complexity index is 1300. The summed E-state index contributed by atoms with van der Waals surface area (Å²) >= 11 is 0. The van der Waals surface area contributed by atoms with Crippen LogP contribution >= 0.6 is 0 Å². The van der Waals surface area contributed by atoms with E-state index in [0.29, 0.717) is 11.1 Å². The van der Waals surface area contributed by atoms with E-state index in [-0.39, 0.29) is 28.2 Å². The summed E-state index contributed by atoms with van der Waals surface area (Å²) < 4.78 is 0. The van der Waals surface area contributed by atoms with Gasteiger partial charge in [0.1, 0.15) is 0 Å². The number of benzene rings is 3. The SMILES string of the molecule is Cc1ccc2c(c1)C(=Nc1cccc([N+](=O)[O-])c1)c1cc([N+](=O)[O-])cc([N+](=O)[O-])c1-2. The molecule has 148 valence electrons. The number of nitrogens with zero attached hydrogens (tertiary/aromatic N) is 4. The van der Waals surface area contributed by atoms with Gasteiger partial charge in [0.25, 0.3) is 17.1 Å². The Morgan fingerprint density at radius 3 is 2.13 bits per heavy atom. The Hall–Kier alpha value is -4.47. The van der Waals surface area contributed by atoms with Gasteiger partial charge in [0, 0.05) is 29.3 Å². The van der Waals surface area contributed by atoms with Crippen LogP contribution in [0.1, 0.15) is 16.7 Å². The number of rotatable bonds is 4. The topological polar surface area (TPSA) is 142 Å². The van der Waals surface area contributed by atoms with E-state index in [0.717, 1.165) is 11.6 Å². The van der Waals surface area contributed by atoms with Crippen molar-refractivity contribution < 1.29 is 14.8 Å². The van der Waals surface area contributed by atoms with E-state index in [1.807, 2.05) is 6.92 Å². The lowest BCUT2D eigenvalue weighted by Crippen LogP contribution is -2.01. The zero-order valence-corrected chi connectivity index (χ0v) is 15.4. The summed E-state index contributed by atoms with van der Waals surface area (Å²) in [4.78, 5) is 36.7. The number of non-ortho nitro benzene ring substituents is 2. The van der Waals surface area contributed by atoms with Gasteiger partial charge < -0.3 is 0 Å². The first-order chi connectivity index (χ1) is 14.3. The summed E-state index contributed by atoms with van der Waals surface area (Å²) in [6, 6.07) is 13.1. The lowest BCUT2D eigenvalue weighted by atomic mass is 10.0. The summed E-state index contributed by atoms with van der Waals surface area (Å²) in [6.45, 7) is 1.84. The van der Waals surface area contributed by atoms with Crippen LogP contribution in [0.3, 0.4) is 0 Å². The average Bonchev–Trinajstić information content (AvgIpc) is 3.00. The minimum absolute atomic E-state index is 0.162. The van der Waals surface area contributed by atoms with E-state index in [1.165, 1.54) is 24.3 Å². The predicted octanol–water partition coefficient (Wildman–Crippen LogP) is 4.87. The molecule has 0 N–H and O–H groups in total. The van der Waals surface area contributed by atoms with Gasteiger partial charge in [-0.1, -0.05) is 23.8 Å². The summed E-state index contributed by atoms with van der Waals surface area (Å²) in [7, 11) is 0.